The molecule has 32 heavy (non-hydrogen) atoms. The summed E-state index contributed by atoms with van der Waals surface area (Å²) >= 11 is 12.5. The number of carbonyl (C=O) groups is 2. The van der Waals surface area contributed by atoms with E-state index in [1.165, 1.54) is 14.2 Å². The Labute approximate surface area is 195 Å². The molecule has 2 aromatic carbocycles. The number of rotatable bonds is 7. The van der Waals surface area contributed by atoms with E-state index in [1.807, 2.05) is 36.4 Å². The van der Waals surface area contributed by atoms with Crippen molar-refractivity contribution in [3.63, 3.8) is 0 Å². The Morgan fingerprint density at radius 1 is 1.09 bits per heavy atom. The number of fused-ring (bicyclic) bond motifs is 2. The van der Waals surface area contributed by atoms with Gasteiger partial charge in [0, 0.05) is 15.7 Å². The van der Waals surface area contributed by atoms with Crippen LogP contribution in [0.5, 0.6) is 0 Å². The standard InChI is InChI=1S/C24H21Cl2NO5/c1-30-22(28)20-18-10-11-24(32-18,21(20)23(29)31-2)19(27-16-6-4-3-5-7-16)12-14-8-9-15(25)13-17(14)26/h3-11,13,18-19,27H,12H2,1-2H3. The molecule has 8 heteroatoms. The predicted molar refractivity (Wildman–Crippen MR) is 122 cm³/mol. The minimum atomic E-state index is -1.26. The molecule has 0 amide bonds. The molecule has 2 aromatic rings. The summed E-state index contributed by atoms with van der Waals surface area (Å²) in [5.41, 5.74) is 0.616. The lowest BCUT2D eigenvalue weighted by Gasteiger charge is -2.36. The molecular formula is C24H21Cl2NO5. The molecule has 166 valence electrons. The Bertz CT molecular complexity index is 1110. The van der Waals surface area contributed by atoms with Crippen LogP contribution in [-0.4, -0.2) is 43.9 Å². The van der Waals surface area contributed by atoms with E-state index < -0.39 is 29.7 Å². The third kappa shape index (κ3) is 3.90. The maximum absolute atomic E-state index is 12.9. The smallest absolute Gasteiger partial charge is 0.337 e. The Kier molecular flexibility index (Phi) is 6.29. The molecule has 3 atom stereocenters. The molecule has 2 bridgehead atoms. The van der Waals surface area contributed by atoms with Crippen molar-refractivity contribution in [1.29, 1.82) is 0 Å². The lowest BCUT2D eigenvalue weighted by atomic mass is 9.79. The normalized spacial score (nSPS) is 22.1. The summed E-state index contributed by atoms with van der Waals surface area (Å²) in [6.45, 7) is 0. The van der Waals surface area contributed by atoms with Crippen LogP contribution >= 0.6 is 23.2 Å². The third-order valence-corrected chi connectivity index (χ3v) is 6.24. The van der Waals surface area contributed by atoms with Gasteiger partial charge in [-0.3, -0.25) is 0 Å². The first-order valence-electron chi connectivity index (χ1n) is 9.93. The van der Waals surface area contributed by atoms with Gasteiger partial charge in [0.1, 0.15) is 11.7 Å². The average Bonchev–Trinajstić information content (AvgIpc) is 3.38. The van der Waals surface area contributed by atoms with Crippen LogP contribution in [-0.2, 0) is 30.2 Å². The van der Waals surface area contributed by atoms with Gasteiger partial charge in [-0.15, -0.1) is 0 Å². The van der Waals surface area contributed by atoms with Crippen LogP contribution in [0.1, 0.15) is 5.56 Å². The highest BCUT2D eigenvalue weighted by molar-refractivity contribution is 6.35. The second-order valence-corrected chi connectivity index (χ2v) is 8.31. The van der Waals surface area contributed by atoms with Gasteiger partial charge >= 0.3 is 11.9 Å². The first-order valence-corrected chi connectivity index (χ1v) is 10.7. The highest BCUT2D eigenvalue weighted by Gasteiger charge is 2.58. The second kappa shape index (κ2) is 8.98. The van der Waals surface area contributed by atoms with Gasteiger partial charge in [0.05, 0.1) is 31.4 Å². The van der Waals surface area contributed by atoms with Crippen molar-refractivity contribution in [2.24, 2.45) is 0 Å². The minimum Gasteiger partial charge on any atom is -0.466 e. The van der Waals surface area contributed by atoms with Gasteiger partial charge in [0.15, 0.2) is 0 Å². The second-order valence-electron chi connectivity index (χ2n) is 7.47. The zero-order chi connectivity index (χ0) is 22.9. The number of esters is 2. The van der Waals surface area contributed by atoms with E-state index in [2.05, 4.69) is 5.32 Å². The van der Waals surface area contributed by atoms with Crippen LogP contribution in [0.4, 0.5) is 5.69 Å². The molecule has 0 radical (unpaired) electrons. The van der Waals surface area contributed by atoms with E-state index in [-0.39, 0.29) is 11.1 Å². The largest absolute Gasteiger partial charge is 0.466 e. The number of hydrogen-bond acceptors (Lipinski definition) is 6. The molecule has 0 saturated heterocycles. The van der Waals surface area contributed by atoms with Gasteiger partial charge in [-0.1, -0.05) is 53.5 Å². The summed E-state index contributed by atoms with van der Waals surface area (Å²) in [6, 6.07) is 14.2. The van der Waals surface area contributed by atoms with Gasteiger partial charge in [0.2, 0.25) is 0 Å². The van der Waals surface area contributed by atoms with Crippen molar-refractivity contribution in [2.75, 3.05) is 19.5 Å². The number of halogens is 2. The van der Waals surface area contributed by atoms with Crippen molar-refractivity contribution in [1.82, 2.24) is 0 Å². The number of anilines is 1. The Hall–Kier alpha value is -2.80. The number of nitrogens with one attached hydrogen (secondary N) is 1. The zero-order valence-electron chi connectivity index (χ0n) is 17.4. The van der Waals surface area contributed by atoms with Crippen LogP contribution in [0.3, 0.4) is 0 Å². The van der Waals surface area contributed by atoms with E-state index in [0.29, 0.717) is 16.5 Å². The van der Waals surface area contributed by atoms with Gasteiger partial charge in [-0.25, -0.2) is 9.59 Å². The van der Waals surface area contributed by atoms with Crippen molar-refractivity contribution in [2.45, 2.75) is 24.2 Å². The maximum atomic E-state index is 12.9. The van der Waals surface area contributed by atoms with Crippen molar-refractivity contribution < 1.29 is 23.8 Å². The monoisotopic (exact) mass is 473 g/mol. The molecular weight excluding hydrogens is 453 g/mol. The molecule has 2 aliphatic heterocycles. The van der Waals surface area contributed by atoms with E-state index >= 15 is 0 Å². The molecule has 0 spiro atoms. The topological polar surface area (TPSA) is 73.9 Å². The van der Waals surface area contributed by atoms with Crippen LogP contribution in [0.25, 0.3) is 0 Å². The summed E-state index contributed by atoms with van der Waals surface area (Å²) in [5.74, 6) is -1.29. The molecule has 2 heterocycles. The molecule has 6 nitrogen and oxygen atoms in total. The van der Waals surface area contributed by atoms with E-state index in [0.717, 1.165) is 11.3 Å². The van der Waals surface area contributed by atoms with Crippen molar-refractivity contribution in [3.8, 4) is 0 Å². The summed E-state index contributed by atoms with van der Waals surface area (Å²) in [5, 5.41) is 4.46. The molecule has 1 N–H and O–H groups in total. The van der Waals surface area contributed by atoms with E-state index in [9.17, 15) is 9.59 Å². The molecule has 4 rings (SSSR count). The molecule has 0 saturated carbocycles. The lowest BCUT2D eigenvalue weighted by Crippen LogP contribution is -2.49. The molecule has 2 aliphatic rings. The Balaban J connectivity index is 1.83. The SMILES string of the molecule is COC(=O)C1=C(C(=O)OC)C2(C(Cc3ccc(Cl)cc3Cl)Nc3ccccc3)C=CC1O2. The first kappa shape index (κ1) is 22.4. The van der Waals surface area contributed by atoms with Crippen molar-refractivity contribution >= 4 is 40.8 Å². The zero-order valence-corrected chi connectivity index (χ0v) is 18.9. The van der Waals surface area contributed by atoms with Gasteiger partial charge in [-0.2, -0.15) is 0 Å². The fraction of sp³-hybridized carbons (Fsp3) is 0.250. The number of methoxy groups -OCH3 is 2. The number of benzene rings is 2. The maximum Gasteiger partial charge on any atom is 0.337 e. The summed E-state index contributed by atoms with van der Waals surface area (Å²) in [7, 11) is 2.53. The molecule has 0 aliphatic carbocycles. The summed E-state index contributed by atoms with van der Waals surface area (Å²) in [4.78, 5) is 25.4. The fourth-order valence-corrected chi connectivity index (χ4v) is 4.68. The highest BCUT2D eigenvalue weighted by atomic mass is 35.5. The van der Waals surface area contributed by atoms with Gasteiger partial charge < -0.3 is 19.5 Å². The van der Waals surface area contributed by atoms with Crippen molar-refractivity contribution in [3.05, 3.63) is 87.4 Å². The number of carbonyl (C=O) groups excluding carboxylic acids is 2. The van der Waals surface area contributed by atoms with Gasteiger partial charge in [-0.05, 0) is 42.3 Å². The van der Waals surface area contributed by atoms with Crippen LogP contribution < -0.4 is 5.32 Å². The lowest BCUT2D eigenvalue weighted by molar-refractivity contribution is -0.139. The van der Waals surface area contributed by atoms with Gasteiger partial charge in [0.25, 0.3) is 0 Å². The third-order valence-electron chi connectivity index (χ3n) is 5.65. The number of hydrogen-bond donors (Lipinski definition) is 1. The highest BCUT2D eigenvalue weighted by Crippen LogP contribution is 2.47. The average molecular weight is 474 g/mol. The Morgan fingerprint density at radius 2 is 1.81 bits per heavy atom. The molecule has 0 aromatic heterocycles. The number of ether oxygens (including phenoxy) is 3. The molecule has 3 unspecified atom stereocenters. The predicted octanol–water partition coefficient (Wildman–Crippen LogP) is 4.37. The van der Waals surface area contributed by atoms with Crippen LogP contribution in [0, 0.1) is 0 Å². The van der Waals surface area contributed by atoms with Crippen LogP contribution in [0.2, 0.25) is 10.0 Å². The Morgan fingerprint density at radius 3 is 2.47 bits per heavy atom. The minimum absolute atomic E-state index is 0.123. The van der Waals surface area contributed by atoms with E-state index in [4.69, 9.17) is 37.4 Å². The summed E-state index contributed by atoms with van der Waals surface area (Å²) < 4.78 is 16.3. The quantitative estimate of drug-likeness (QED) is 0.475. The first-order chi connectivity index (χ1) is 15.4. The molecule has 0 fully saturated rings. The fourth-order valence-electron chi connectivity index (χ4n) is 4.19. The number of para-hydroxylation sites is 1. The van der Waals surface area contributed by atoms with Crippen LogP contribution in [0.15, 0.2) is 71.8 Å². The summed E-state index contributed by atoms with van der Waals surface area (Å²) in [6.07, 6.45) is 3.21. The van der Waals surface area contributed by atoms with E-state index in [1.54, 1.807) is 24.3 Å².